The lowest BCUT2D eigenvalue weighted by Gasteiger charge is -2.11. The van der Waals surface area contributed by atoms with E-state index in [0.29, 0.717) is 28.3 Å². The molecule has 0 aliphatic rings. The van der Waals surface area contributed by atoms with Gasteiger partial charge in [0.15, 0.2) is 5.69 Å². The molecule has 0 spiro atoms. The molecule has 0 fully saturated rings. The van der Waals surface area contributed by atoms with Gasteiger partial charge in [-0.3, -0.25) is 9.59 Å². The molecule has 42 heavy (non-hydrogen) atoms. The molecule has 0 saturated heterocycles. The first-order valence-corrected chi connectivity index (χ1v) is 14.6. The number of fused-ring (bicyclic) bond motifs is 1. The number of rotatable bonds is 8. The molecule has 0 aliphatic heterocycles. The lowest BCUT2D eigenvalue weighted by atomic mass is 10.0. The number of benzene rings is 3. The van der Waals surface area contributed by atoms with E-state index in [1.54, 1.807) is 22.9 Å². The summed E-state index contributed by atoms with van der Waals surface area (Å²) >= 11 is 1.13. The van der Waals surface area contributed by atoms with E-state index < -0.39 is 5.56 Å². The number of aromatic nitrogens is 5. The second-order valence-electron chi connectivity index (χ2n) is 10.5. The molecule has 0 saturated carbocycles. The summed E-state index contributed by atoms with van der Waals surface area (Å²) in [6.07, 6.45) is 4.67. The van der Waals surface area contributed by atoms with E-state index in [1.807, 2.05) is 73.8 Å². The smallest absolute Gasteiger partial charge is 0.300 e. The molecule has 6 aromatic rings. The third-order valence-corrected chi connectivity index (χ3v) is 7.84. The van der Waals surface area contributed by atoms with E-state index in [4.69, 9.17) is 9.84 Å². The largest absolute Gasteiger partial charge is 0.493 e. The summed E-state index contributed by atoms with van der Waals surface area (Å²) < 4.78 is 9.43. The van der Waals surface area contributed by atoms with Crippen LogP contribution in [-0.2, 0) is 0 Å². The van der Waals surface area contributed by atoms with Gasteiger partial charge < -0.3 is 4.74 Å². The number of para-hydroxylation sites is 1. The molecule has 0 atom stereocenters. The fourth-order valence-electron chi connectivity index (χ4n) is 4.62. The van der Waals surface area contributed by atoms with Crippen LogP contribution >= 0.6 is 11.3 Å². The fourth-order valence-corrected chi connectivity index (χ4v) is 5.52. The predicted octanol–water partition coefficient (Wildman–Crippen LogP) is 5.31. The molecule has 210 valence electrons. The predicted molar refractivity (Wildman–Crippen MR) is 166 cm³/mol. The minimum Gasteiger partial charge on any atom is -0.493 e. The van der Waals surface area contributed by atoms with Crippen molar-refractivity contribution in [3.63, 3.8) is 0 Å². The zero-order chi connectivity index (χ0) is 29.2. The first-order valence-electron chi connectivity index (χ1n) is 13.8. The van der Waals surface area contributed by atoms with E-state index in [0.717, 1.165) is 45.9 Å². The first-order chi connectivity index (χ1) is 20.4. The van der Waals surface area contributed by atoms with Crippen molar-refractivity contribution < 1.29 is 4.74 Å². The molecule has 3 aromatic heterocycles. The summed E-state index contributed by atoms with van der Waals surface area (Å²) in [6, 6.07) is 24.8. The maximum atomic E-state index is 13.5. The van der Waals surface area contributed by atoms with E-state index in [1.165, 1.54) is 4.52 Å². The van der Waals surface area contributed by atoms with Crippen LogP contribution in [0.15, 0.2) is 94.6 Å². The van der Waals surface area contributed by atoms with Crippen molar-refractivity contribution in [2.75, 3.05) is 6.61 Å². The van der Waals surface area contributed by atoms with Crippen LogP contribution in [0.4, 0.5) is 0 Å². The number of ether oxygens (including phenoxy) is 1. The van der Waals surface area contributed by atoms with Crippen LogP contribution in [0.5, 0.6) is 5.75 Å². The van der Waals surface area contributed by atoms with Gasteiger partial charge in [-0.25, -0.2) is 4.68 Å². The summed E-state index contributed by atoms with van der Waals surface area (Å²) in [5, 5.41) is 9.30. The average molecular weight is 576 g/mol. The van der Waals surface area contributed by atoms with Crippen molar-refractivity contribution in [1.29, 1.82) is 0 Å². The number of hydrogen-bond donors (Lipinski definition) is 0. The van der Waals surface area contributed by atoms with Gasteiger partial charge in [-0.15, -0.1) is 0 Å². The zero-order valence-electron chi connectivity index (χ0n) is 23.5. The monoisotopic (exact) mass is 575 g/mol. The molecular weight excluding hydrogens is 546 g/mol. The highest BCUT2D eigenvalue weighted by Gasteiger charge is 2.16. The van der Waals surface area contributed by atoms with Crippen molar-refractivity contribution in [3.8, 4) is 34.0 Å². The third-order valence-electron chi connectivity index (χ3n) is 6.88. The molecule has 0 amide bonds. The highest BCUT2D eigenvalue weighted by Crippen LogP contribution is 2.29. The Morgan fingerprint density at radius 3 is 2.36 bits per heavy atom. The maximum absolute atomic E-state index is 13.5. The van der Waals surface area contributed by atoms with Crippen LogP contribution in [0, 0.1) is 12.8 Å². The van der Waals surface area contributed by atoms with Crippen LogP contribution < -0.4 is 20.4 Å². The Morgan fingerprint density at radius 2 is 1.64 bits per heavy atom. The number of nitrogens with zero attached hydrogens (tertiary/aromatic N) is 5. The molecule has 0 bridgehead atoms. The standard InChI is InChI=1S/C33H29N5O3S/c1-21(2)16-17-41-27-15-14-24(18-22(27)3)29-25(20-37(35-29)26-12-8-5-9-13-26)19-28-32(40)38-33(42-28)34-31(39)30(36-38)23-10-6-4-7-11-23/h4-15,18-21H,16-17H2,1-3H3. The van der Waals surface area contributed by atoms with Crippen molar-refractivity contribution in [2.24, 2.45) is 5.92 Å². The summed E-state index contributed by atoms with van der Waals surface area (Å²) in [5.74, 6) is 1.41. The van der Waals surface area contributed by atoms with E-state index in [2.05, 4.69) is 30.0 Å². The van der Waals surface area contributed by atoms with Gasteiger partial charge in [0.2, 0.25) is 4.96 Å². The van der Waals surface area contributed by atoms with Gasteiger partial charge in [0.05, 0.1) is 16.8 Å². The quantitative estimate of drug-likeness (QED) is 0.244. The van der Waals surface area contributed by atoms with E-state index in [-0.39, 0.29) is 16.2 Å². The van der Waals surface area contributed by atoms with Crippen LogP contribution in [0.2, 0.25) is 0 Å². The number of thiazole rings is 1. The van der Waals surface area contributed by atoms with Gasteiger partial charge in [-0.1, -0.05) is 73.7 Å². The minimum atomic E-state index is -0.474. The second-order valence-corrected chi connectivity index (χ2v) is 11.5. The molecular formula is C33H29N5O3S. The lowest BCUT2D eigenvalue weighted by molar-refractivity contribution is 0.288. The SMILES string of the molecule is Cc1cc(-c2nn(-c3ccccc3)cc2C=c2sc3nc(=O)c(-c4ccccc4)nn3c2=O)ccc1OCCC(C)C. The van der Waals surface area contributed by atoms with Crippen molar-refractivity contribution in [3.05, 3.63) is 121 Å². The van der Waals surface area contributed by atoms with Crippen LogP contribution in [0.3, 0.4) is 0 Å². The number of aryl methyl sites for hydroxylation is 1. The molecule has 6 rings (SSSR count). The Labute approximate surface area is 246 Å². The first kappa shape index (κ1) is 27.3. The highest BCUT2D eigenvalue weighted by molar-refractivity contribution is 7.15. The molecule has 0 N–H and O–H groups in total. The Hall–Kier alpha value is -4.89. The summed E-state index contributed by atoms with van der Waals surface area (Å²) in [6.45, 7) is 7.04. The van der Waals surface area contributed by atoms with Crippen molar-refractivity contribution in [1.82, 2.24) is 24.4 Å². The molecule has 0 radical (unpaired) electrons. The van der Waals surface area contributed by atoms with Crippen LogP contribution in [-0.4, -0.2) is 31.0 Å². The Morgan fingerprint density at radius 1 is 0.905 bits per heavy atom. The normalized spacial score (nSPS) is 12.0. The summed E-state index contributed by atoms with van der Waals surface area (Å²) in [7, 11) is 0. The van der Waals surface area contributed by atoms with Crippen LogP contribution in [0.1, 0.15) is 31.4 Å². The van der Waals surface area contributed by atoms with Gasteiger partial charge in [0.1, 0.15) is 11.4 Å². The minimum absolute atomic E-state index is 0.137. The van der Waals surface area contributed by atoms with E-state index in [9.17, 15) is 9.59 Å². The summed E-state index contributed by atoms with van der Waals surface area (Å²) in [5.41, 5.74) is 4.19. The van der Waals surface area contributed by atoms with Gasteiger partial charge >= 0.3 is 5.56 Å². The Bertz CT molecular complexity index is 2050. The van der Waals surface area contributed by atoms with Crippen molar-refractivity contribution in [2.45, 2.75) is 27.2 Å². The summed E-state index contributed by atoms with van der Waals surface area (Å²) in [4.78, 5) is 30.7. The topological polar surface area (TPSA) is 91.4 Å². The lowest BCUT2D eigenvalue weighted by Crippen LogP contribution is -2.26. The Balaban J connectivity index is 1.46. The van der Waals surface area contributed by atoms with Gasteiger partial charge in [-0.05, 0) is 61.2 Å². The van der Waals surface area contributed by atoms with E-state index >= 15 is 0 Å². The second kappa shape index (κ2) is 11.5. The molecule has 3 heterocycles. The molecule has 0 aliphatic carbocycles. The molecule has 3 aromatic carbocycles. The fraction of sp³-hybridized carbons (Fsp3) is 0.182. The van der Waals surface area contributed by atoms with Crippen LogP contribution in [0.25, 0.3) is 39.2 Å². The molecule has 0 unspecified atom stereocenters. The zero-order valence-corrected chi connectivity index (χ0v) is 24.3. The average Bonchev–Trinajstić information content (AvgIpc) is 3.54. The highest BCUT2D eigenvalue weighted by atomic mass is 32.1. The van der Waals surface area contributed by atoms with Gasteiger partial charge in [0, 0.05) is 22.9 Å². The van der Waals surface area contributed by atoms with Crippen molar-refractivity contribution >= 4 is 22.4 Å². The molecule has 8 nitrogen and oxygen atoms in total. The Kier molecular flexibility index (Phi) is 7.50. The van der Waals surface area contributed by atoms with Gasteiger partial charge in [-0.2, -0.15) is 19.7 Å². The number of hydrogen-bond acceptors (Lipinski definition) is 7. The maximum Gasteiger partial charge on any atom is 0.300 e. The van der Waals surface area contributed by atoms with Gasteiger partial charge in [0.25, 0.3) is 5.56 Å². The molecule has 9 heteroatoms. The third kappa shape index (κ3) is 5.51.